The maximum atomic E-state index is 13.1. The molecule has 1 amide bonds. The number of thiophene rings is 1. The van der Waals surface area contributed by atoms with E-state index in [0.717, 1.165) is 49.8 Å². The smallest absolute Gasteiger partial charge is 0.295 e. The average Bonchev–Trinajstić information content (AvgIpc) is 3.43. The Labute approximate surface area is 185 Å². The summed E-state index contributed by atoms with van der Waals surface area (Å²) in [6.07, 6.45) is 0.750. The van der Waals surface area contributed by atoms with E-state index in [-0.39, 0.29) is 11.3 Å². The molecule has 2 aliphatic heterocycles. The van der Waals surface area contributed by atoms with Gasteiger partial charge in [-0.3, -0.25) is 19.2 Å². The predicted octanol–water partition coefficient (Wildman–Crippen LogP) is 2.24. The molecule has 2 saturated heterocycles. The molecule has 0 bridgehead atoms. The first-order chi connectivity index (χ1) is 14.9. The van der Waals surface area contributed by atoms with Crippen molar-refractivity contribution in [2.24, 2.45) is 7.05 Å². The Morgan fingerprint density at radius 1 is 1.26 bits per heavy atom. The highest BCUT2D eigenvalue weighted by Crippen LogP contribution is 2.41. The topological polar surface area (TPSA) is 87.9 Å². The van der Waals surface area contributed by atoms with Crippen LogP contribution in [-0.4, -0.2) is 75.8 Å². The van der Waals surface area contributed by atoms with E-state index in [4.69, 9.17) is 4.74 Å². The minimum Gasteiger partial charge on any atom is -0.507 e. The van der Waals surface area contributed by atoms with Gasteiger partial charge in [-0.15, -0.1) is 11.3 Å². The second-order valence-corrected chi connectivity index (χ2v) is 8.96. The summed E-state index contributed by atoms with van der Waals surface area (Å²) in [4.78, 5) is 30.9. The Kier molecular flexibility index (Phi) is 6.27. The van der Waals surface area contributed by atoms with E-state index in [0.29, 0.717) is 17.8 Å². The zero-order valence-electron chi connectivity index (χ0n) is 18.1. The number of morpholine rings is 1. The number of rotatable bonds is 6. The Balaban J connectivity index is 1.66. The van der Waals surface area contributed by atoms with Crippen LogP contribution in [0.3, 0.4) is 0 Å². The number of carbonyl (C=O) groups is 2. The molecule has 0 spiro atoms. The number of aliphatic hydroxyl groups excluding tert-OH is 1. The lowest BCUT2D eigenvalue weighted by Crippen LogP contribution is -2.38. The Hall–Kier alpha value is -2.49. The van der Waals surface area contributed by atoms with E-state index in [2.05, 4.69) is 10.00 Å². The Morgan fingerprint density at radius 3 is 2.61 bits per heavy atom. The highest BCUT2D eigenvalue weighted by molar-refractivity contribution is 7.10. The van der Waals surface area contributed by atoms with Crippen LogP contribution in [0.15, 0.2) is 23.1 Å². The molecule has 4 heterocycles. The molecular weight excluding hydrogens is 416 g/mol. The molecule has 31 heavy (non-hydrogen) atoms. The van der Waals surface area contributed by atoms with E-state index in [1.54, 1.807) is 23.6 Å². The van der Waals surface area contributed by atoms with E-state index < -0.39 is 17.7 Å². The van der Waals surface area contributed by atoms with Gasteiger partial charge >= 0.3 is 0 Å². The summed E-state index contributed by atoms with van der Waals surface area (Å²) in [6, 6.07) is 3.23. The molecular formula is C22H28N4O4S. The number of amides is 1. The minimum absolute atomic E-state index is 0.143. The number of hydrogen-bond acceptors (Lipinski definition) is 7. The van der Waals surface area contributed by atoms with Gasteiger partial charge in [0.15, 0.2) is 0 Å². The van der Waals surface area contributed by atoms with Crippen molar-refractivity contribution in [1.82, 2.24) is 19.6 Å². The van der Waals surface area contributed by atoms with Crippen LogP contribution in [0.1, 0.15) is 34.3 Å². The number of ketones is 1. The second kappa shape index (κ2) is 8.94. The molecule has 0 radical (unpaired) electrons. The van der Waals surface area contributed by atoms with Crippen LogP contribution in [0.5, 0.6) is 0 Å². The molecule has 1 atom stereocenters. The molecule has 0 aromatic carbocycles. The zero-order chi connectivity index (χ0) is 22.1. The lowest BCUT2D eigenvalue weighted by atomic mass is 9.99. The van der Waals surface area contributed by atoms with Crippen molar-refractivity contribution in [3.05, 3.63) is 44.9 Å². The van der Waals surface area contributed by atoms with Gasteiger partial charge in [0.1, 0.15) is 5.76 Å². The fourth-order valence-corrected chi connectivity index (χ4v) is 5.24. The van der Waals surface area contributed by atoms with Crippen LogP contribution < -0.4 is 0 Å². The number of hydrogen-bond donors (Lipinski definition) is 1. The lowest BCUT2D eigenvalue weighted by Gasteiger charge is -2.28. The number of aliphatic hydroxyl groups is 1. The van der Waals surface area contributed by atoms with Gasteiger partial charge in [0.05, 0.1) is 36.1 Å². The van der Waals surface area contributed by atoms with Gasteiger partial charge in [-0.1, -0.05) is 6.07 Å². The van der Waals surface area contributed by atoms with Crippen molar-refractivity contribution < 1.29 is 19.4 Å². The third-order valence-electron chi connectivity index (χ3n) is 6.08. The van der Waals surface area contributed by atoms with Gasteiger partial charge in [0, 0.05) is 43.8 Å². The fourth-order valence-electron chi connectivity index (χ4n) is 4.39. The number of ether oxygens (including phenoxy) is 1. The van der Waals surface area contributed by atoms with Gasteiger partial charge in [-0.25, -0.2) is 0 Å². The average molecular weight is 445 g/mol. The molecule has 9 heteroatoms. The standard InChI is InChI=1S/C22H28N4O4S/c1-14-17(15(2)24(3)23-14)20(27)18-19(16-6-4-13-31-16)26(22(29)21(18)28)8-5-7-25-9-11-30-12-10-25/h4,6,13,19,27H,5,7-12H2,1-3H3/t19-/m1/s1. The Bertz CT molecular complexity index is 1010. The lowest BCUT2D eigenvalue weighted by molar-refractivity contribution is -0.140. The van der Waals surface area contributed by atoms with Gasteiger partial charge in [-0.05, 0) is 31.7 Å². The van der Waals surface area contributed by atoms with Crippen molar-refractivity contribution in [3.8, 4) is 0 Å². The van der Waals surface area contributed by atoms with Gasteiger partial charge in [-0.2, -0.15) is 5.10 Å². The summed E-state index contributed by atoms with van der Waals surface area (Å²) in [5.41, 5.74) is 2.05. The highest BCUT2D eigenvalue weighted by atomic mass is 32.1. The SMILES string of the molecule is Cc1nn(C)c(C)c1C(O)=C1C(=O)C(=O)N(CCCN2CCOCC2)[C@@H]1c1cccs1. The zero-order valence-corrected chi connectivity index (χ0v) is 18.9. The molecule has 2 fully saturated rings. The maximum Gasteiger partial charge on any atom is 0.295 e. The summed E-state index contributed by atoms with van der Waals surface area (Å²) in [5.74, 6) is -1.33. The summed E-state index contributed by atoms with van der Waals surface area (Å²) < 4.78 is 7.06. The van der Waals surface area contributed by atoms with E-state index >= 15 is 0 Å². The first kappa shape index (κ1) is 21.7. The van der Waals surface area contributed by atoms with Crippen LogP contribution >= 0.6 is 11.3 Å². The minimum atomic E-state index is -0.634. The van der Waals surface area contributed by atoms with Crippen molar-refractivity contribution in [2.45, 2.75) is 26.3 Å². The van der Waals surface area contributed by atoms with Gasteiger partial charge in [0.2, 0.25) is 0 Å². The van der Waals surface area contributed by atoms with Crippen LogP contribution in [0.4, 0.5) is 0 Å². The second-order valence-electron chi connectivity index (χ2n) is 7.98. The number of nitrogens with zero attached hydrogens (tertiary/aromatic N) is 4. The van der Waals surface area contributed by atoms with Crippen LogP contribution in [0, 0.1) is 13.8 Å². The summed E-state index contributed by atoms with van der Waals surface area (Å²) in [7, 11) is 1.79. The van der Waals surface area contributed by atoms with Crippen LogP contribution in [-0.2, 0) is 21.4 Å². The first-order valence-electron chi connectivity index (χ1n) is 10.5. The molecule has 1 N–H and O–H groups in total. The summed E-state index contributed by atoms with van der Waals surface area (Å²) >= 11 is 1.48. The molecule has 0 saturated carbocycles. The third kappa shape index (κ3) is 4.05. The largest absolute Gasteiger partial charge is 0.507 e. The van der Waals surface area contributed by atoms with Crippen molar-refractivity contribution >= 4 is 28.8 Å². The monoisotopic (exact) mass is 444 g/mol. The van der Waals surface area contributed by atoms with E-state index in [9.17, 15) is 14.7 Å². The molecule has 0 unspecified atom stereocenters. The number of aromatic nitrogens is 2. The fraction of sp³-hybridized carbons (Fsp3) is 0.500. The molecule has 2 aromatic rings. The number of carbonyl (C=O) groups excluding carboxylic acids is 2. The number of likely N-dealkylation sites (tertiary alicyclic amines) is 1. The number of Topliss-reactive ketones (excluding diaryl/α,β-unsaturated/α-hetero) is 1. The summed E-state index contributed by atoms with van der Waals surface area (Å²) in [5, 5.41) is 17.5. The van der Waals surface area contributed by atoms with E-state index in [1.807, 2.05) is 24.4 Å². The van der Waals surface area contributed by atoms with Crippen molar-refractivity contribution in [3.63, 3.8) is 0 Å². The molecule has 2 aliphatic rings. The first-order valence-corrected chi connectivity index (χ1v) is 11.4. The Morgan fingerprint density at radius 2 is 2.00 bits per heavy atom. The van der Waals surface area contributed by atoms with Crippen molar-refractivity contribution in [2.75, 3.05) is 39.4 Å². The van der Waals surface area contributed by atoms with Gasteiger partial charge < -0.3 is 14.7 Å². The molecule has 166 valence electrons. The van der Waals surface area contributed by atoms with Gasteiger partial charge in [0.25, 0.3) is 11.7 Å². The highest BCUT2D eigenvalue weighted by Gasteiger charge is 2.46. The van der Waals surface area contributed by atoms with Crippen LogP contribution in [0.25, 0.3) is 5.76 Å². The predicted molar refractivity (Wildman–Crippen MR) is 118 cm³/mol. The quantitative estimate of drug-likeness (QED) is 0.418. The maximum absolute atomic E-state index is 13.1. The van der Waals surface area contributed by atoms with E-state index in [1.165, 1.54) is 11.3 Å². The van der Waals surface area contributed by atoms with Crippen LogP contribution in [0.2, 0.25) is 0 Å². The molecule has 2 aromatic heterocycles. The molecule has 8 nitrogen and oxygen atoms in total. The number of aryl methyl sites for hydroxylation is 2. The normalized spacial score (nSPS) is 21.9. The summed E-state index contributed by atoms with van der Waals surface area (Å²) in [6.45, 7) is 8.14. The third-order valence-corrected chi connectivity index (χ3v) is 7.00. The molecule has 4 rings (SSSR count). The molecule has 0 aliphatic carbocycles. The van der Waals surface area contributed by atoms with Crippen molar-refractivity contribution in [1.29, 1.82) is 0 Å².